The second-order valence-electron chi connectivity index (χ2n) is 5.37. The van der Waals surface area contributed by atoms with Crippen LogP contribution in [0.5, 0.6) is 0 Å². The molecule has 2 aromatic carbocycles. The molecule has 24 heavy (non-hydrogen) atoms. The Balaban J connectivity index is 1.60. The molecule has 0 spiro atoms. The Kier molecular flexibility index (Phi) is 4.86. The molecule has 0 unspecified atom stereocenters. The van der Waals surface area contributed by atoms with E-state index in [0.717, 1.165) is 12.1 Å². The second-order valence-corrected chi connectivity index (χ2v) is 5.81. The lowest BCUT2D eigenvalue weighted by Gasteiger charge is -2.27. The van der Waals surface area contributed by atoms with Gasteiger partial charge >= 0.3 is 12.1 Å². The summed E-state index contributed by atoms with van der Waals surface area (Å²) >= 11 is 5.81. The van der Waals surface area contributed by atoms with Gasteiger partial charge in [-0.3, -0.25) is 4.90 Å². The highest BCUT2D eigenvalue weighted by Gasteiger charge is 2.18. The largest absolute Gasteiger partial charge is 0.338 e. The van der Waals surface area contributed by atoms with Crippen molar-refractivity contribution in [1.82, 2.24) is 5.32 Å². The number of hydrogen-bond donors (Lipinski definition) is 3. The minimum atomic E-state index is -0.346. The van der Waals surface area contributed by atoms with E-state index in [0.29, 0.717) is 29.5 Å². The summed E-state index contributed by atoms with van der Waals surface area (Å²) < 4.78 is 0. The fourth-order valence-electron chi connectivity index (χ4n) is 2.43. The molecular weight excluding hydrogens is 328 g/mol. The van der Waals surface area contributed by atoms with E-state index < -0.39 is 0 Å². The number of benzene rings is 2. The first kappa shape index (κ1) is 16.1. The molecule has 7 heteroatoms. The lowest BCUT2D eigenvalue weighted by atomic mass is 10.2. The Hall–Kier alpha value is -2.73. The van der Waals surface area contributed by atoms with Gasteiger partial charge in [-0.05, 0) is 55.0 Å². The summed E-state index contributed by atoms with van der Waals surface area (Å²) in [5, 5.41) is 8.88. The third-order valence-electron chi connectivity index (χ3n) is 3.62. The minimum Gasteiger partial charge on any atom is -0.338 e. The molecule has 3 rings (SSSR count). The van der Waals surface area contributed by atoms with Crippen LogP contribution in [-0.4, -0.2) is 25.2 Å². The second kappa shape index (κ2) is 7.23. The average molecular weight is 345 g/mol. The molecule has 0 radical (unpaired) electrons. The van der Waals surface area contributed by atoms with Crippen LogP contribution < -0.4 is 20.9 Å². The van der Waals surface area contributed by atoms with Crippen molar-refractivity contribution in [2.24, 2.45) is 0 Å². The van der Waals surface area contributed by atoms with E-state index in [1.54, 1.807) is 41.3 Å². The SMILES string of the molecule is O=C(Nc1ccc(Cl)cc1)Nc1ccc(N2CCCNC2=O)cc1. The minimum absolute atomic E-state index is 0.0950. The van der Waals surface area contributed by atoms with Crippen LogP contribution in [0.4, 0.5) is 26.7 Å². The summed E-state index contributed by atoms with van der Waals surface area (Å²) in [4.78, 5) is 25.5. The molecule has 6 nitrogen and oxygen atoms in total. The van der Waals surface area contributed by atoms with Crippen LogP contribution in [0.2, 0.25) is 5.02 Å². The van der Waals surface area contributed by atoms with Crippen molar-refractivity contribution in [3.8, 4) is 0 Å². The highest BCUT2D eigenvalue weighted by atomic mass is 35.5. The van der Waals surface area contributed by atoms with Crippen molar-refractivity contribution >= 4 is 40.7 Å². The van der Waals surface area contributed by atoms with Gasteiger partial charge in [-0.15, -0.1) is 0 Å². The molecule has 1 aliphatic rings. The van der Waals surface area contributed by atoms with E-state index in [2.05, 4.69) is 16.0 Å². The predicted molar refractivity (Wildman–Crippen MR) is 95.9 cm³/mol. The molecule has 1 fully saturated rings. The molecule has 1 saturated heterocycles. The molecular formula is C17H17ClN4O2. The first-order valence-electron chi connectivity index (χ1n) is 7.61. The van der Waals surface area contributed by atoms with Crippen LogP contribution in [-0.2, 0) is 0 Å². The molecule has 0 saturated carbocycles. The zero-order chi connectivity index (χ0) is 16.9. The topological polar surface area (TPSA) is 73.5 Å². The van der Waals surface area contributed by atoms with Gasteiger partial charge in [0.2, 0.25) is 0 Å². The van der Waals surface area contributed by atoms with Crippen molar-refractivity contribution in [3.05, 3.63) is 53.6 Å². The van der Waals surface area contributed by atoms with E-state index in [1.807, 2.05) is 12.1 Å². The molecule has 0 bridgehead atoms. The zero-order valence-corrected chi connectivity index (χ0v) is 13.6. The molecule has 0 atom stereocenters. The number of nitrogens with one attached hydrogen (secondary N) is 3. The zero-order valence-electron chi connectivity index (χ0n) is 12.9. The summed E-state index contributed by atoms with van der Waals surface area (Å²) in [7, 11) is 0. The number of carbonyl (C=O) groups is 2. The van der Waals surface area contributed by atoms with Crippen LogP contribution in [0.1, 0.15) is 6.42 Å². The summed E-state index contributed by atoms with van der Waals surface area (Å²) in [6.07, 6.45) is 0.912. The van der Waals surface area contributed by atoms with E-state index in [1.165, 1.54) is 0 Å². The Morgan fingerprint density at radius 3 is 2.17 bits per heavy atom. The maximum atomic E-state index is 12.0. The fraction of sp³-hybridized carbons (Fsp3) is 0.176. The molecule has 2 aromatic rings. The number of halogens is 1. The fourth-order valence-corrected chi connectivity index (χ4v) is 2.55. The predicted octanol–water partition coefficient (Wildman–Crippen LogP) is 3.90. The number of anilines is 3. The van der Waals surface area contributed by atoms with Gasteiger partial charge in [-0.1, -0.05) is 11.6 Å². The number of carbonyl (C=O) groups excluding carboxylic acids is 2. The van der Waals surface area contributed by atoms with Crippen LogP contribution in [0.15, 0.2) is 48.5 Å². The number of hydrogen-bond acceptors (Lipinski definition) is 2. The average Bonchev–Trinajstić information content (AvgIpc) is 2.58. The normalized spacial score (nSPS) is 14.0. The van der Waals surface area contributed by atoms with Gasteiger partial charge in [0.15, 0.2) is 0 Å². The Morgan fingerprint density at radius 1 is 1.00 bits per heavy atom. The van der Waals surface area contributed by atoms with Gasteiger partial charge in [0, 0.05) is 35.2 Å². The lowest BCUT2D eigenvalue weighted by Crippen LogP contribution is -2.46. The Morgan fingerprint density at radius 2 is 1.58 bits per heavy atom. The molecule has 1 heterocycles. The Bertz CT molecular complexity index is 731. The third-order valence-corrected chi connectivity index (χ3v) is 3.87. The Labute approximate surface area is 144 Å². The van der Waals surface area contributed by atoms with Crippen LogP contribution >= 0.6 is 11.6 Å². The van der Waals surface area contributed by atoms with Gasteiger partial charge in [0.05, 0.1) is 0 Å². The summed E-state index contributed by atoms with van der Waals surface area (Å²) in [6.45, 7) is 1.40. The molecule has 4 amide bonds. The number of amides is 4. The highest BCUT2D eigenvalue weighted by Crippen LogP contribution is 2.20. The summed E-state index contributed by atoms with van der Waals surface area (Å²) in [5.74, 6) is 0. The monoisotopic (exact) mass is 344 g/mol. The molecule has 124 valence electrons. The van der Waals surface area contributed by atoms with E-state index >= 15 is 0 Å². The van der Waals surface area contributed by atoms with Crippen molar-refractivity contribution in [2.45, 2.75) is 6.42 Å². The molecule has 0 aromatic heterocycles. The first-order valence-corrected chi connectivity index (χ1v) is 7.98. The lowest BCUT2D eigenvalue weighted by molar-refractivity contribution is 0.243. The molecule has 1 aliphatic heterocycles. The number of urea groups is 2. The smallest absolute Gasteiger partial charge is 0.323 e. The first-order chi connectivity index (χ1) is 11.6. The summed E-state index contributed by atoms with van der Waals surface area (Å²) in [5.41, 5.74) is 2.09. The number of nitrogens with zero attached hydrogens (tertiary/aromatic N) is 1. The maximum absolute atomic E-state index is 12.0. The van der Waals surface area contributed by atoms with Gasteiger partial charge in [-0.2, -0.15) is 0 Å². The highest BCUT2D eigenvalue weighted by molar-refractivity contribution is 6.30. The van der Waals surface area contributed by atoms with Crippen LogP contribution in [0, 0.1) is 0 Å². The van der Waals surface area contributed by atoms with Gasteiger partial charge in [0.1, 0.15) is 0 Å². The molecule has 3 N–H and O–H groups in total. The number of rotatable bonds is 3. The van der Waals surface area contributed by atoms with Crippen molar-refractivity contribution in [2.75, 3.05) is 28.6 Å². The maximum Gasteiger partial charge on any atom is 0.323 e. The van der Waals surface area contributed by atoms with Gasteiger partial charge in [0.25, 0.3) is 0 Å². The van der Waals surface area contributed by atoms with Crippen molar-refractivity contribution in [3.63, 3.8) is 0 Å². The van der Waals surface area contributed by atoms with Crippen LogP contribution in [0.25, 0.3) is 0 Å². The standard InChI is InChI=1S/C17H17ClN4O2/c18-12-2-4-13(5-3-12)20-16(23)21-14-6-8-15(9-7-14)22-11-1-10-19-17(22)24/h2-9H,1,10-11H2,(H,19,24)(H2,20,21,23). The van der Waals surface area contributed by atoms with Crippen molar-refractivity contribution < 1.29 is 9.59 Å². The van der Waals surface area contributed by atoms with Gasteiger partial charge < -0.3 is 16.0 Å². The van der Waals surface area contributed by atoms with Gasteiger partial charge in [-0.25, -0.2) is 9.59 Å². The van der Waals surface area contributed by atoms with E-state index in [9.17, 15) is 9.59 Å². The van der Waals surface area contributed by atoms with E-state index in [4.69, 9.17) is 11.6 Å². The molecule has 0 aliphatic carbocycles. The summed E-state index contributed by atoms with van der Waals surface area (Å²) in [6, 6.07) is 13.6. The quantitative estimate of drug-likeness (QED) is 0.790. The van der Waals surface area contributed by atoms with Crippen LogP contribution in [0.3, 0.4) is 0 Å². The van der Waals surface area contributed by atoms with Crippen molar-refractivity contribution in [1.29, 1.82) is 0 Å². The third kappa shape index (κ3) is 3.97. The van der Waals surface area contributed by atoms with E-state index in [-0.39, 0.29) is 12.1 Å².